The van der Waals surface area contributed by atoms with Crippen LogP contribution in [0.1, 0.15) is 29.3 Å². The van der Waals surface area contributed by atoms with Gasteiger partial charge in [-0.25, -0.2) is 0 Å². The zero-order valence-corrected chi connectivity index (χ0v) is 12.4. The maximum absolute atomic E-state index is 11.9. The highest BCUT2D eigenvalue weighted by Gasteiger charge is 2.04. The molecular formula is C15H23N3O2. The molecule has 20 heavy (non-hydrogen) atoms. The molecule has 2 N–H and O–H groups in total. The van der Waals surface area contributed by atoms with Gasteiger partial charge in [0.1, 0.15) is 0 Å². The highest BCUT2D eigenvalue weighted by atomic mass is 16.2. The number of amides is 2. The summed E-state index contributed by atoms with van der Waals surface area (Å²) in [5.74, 6) is -0.123. The summed E-state index contributed by atoms with van der Waals surface area (Å²) in [7, 11) is 4.02. The summed E-state index contributed by atoms with van der Waals surface area (Å²) in [6.45, 7) is 3.59. The standard InChI is InChI=1S/C15H23N3O2/c1-12(19)17-11-13-5-7-14(8-6-13)15(20)16-9-4-10-18(2)3/h5-8H,4,9-11H2,1-3H3,(H,16,20)(H,17,19). The predicted octanol–water partition coefficient (Wildman–Crippen LogP) is 1.00. The van der Waals surface area contributed by atoms with Crippen LogP contribution in [0.25, 0.3) is 0 Å². The first-order valence-corrected chi connectivity index (χ1v) is 6.75. The van der Waals surface area contributed by atoms with E-state index >= 15 is 0 Å². The van der Waals surface area contributed by atoms with Crippen LogP contribution in [-0.2, 0) is 11.3 Å². The zero-order chi connectivity index (χ0) is 15.0. The molecule has 0 aliphatic carbocycles. The van der Waals surface area contributed by atoms with Gasteiger partial charge in [0.2, 0.25) is 5.91 Å². The average Bonchev–Trinajstić information content (AvgIpc) is 2.41. The topological polar surface area (TPSA) is 61.4 Å². The van der Waals surface area contributed by atoms with Crippen molar-refractivity contribution >= 4 is 11.8 Å². The SMILES string of the molecule is CC(=O)NCc1ccc(C(=O)NCCCN(C)C)cc1. The molecule has 0 aliphatic rings. The van der Waals surface area contributed by atoms with Crippen molar-refractivity contribution in [3.8, 4) is 0 Å². The van der Waals surface area contributed by atoms with Crippen LogP contribution >= 0.6 is 0 Å². The van der Waals surface area contributed by atoms with Crippen molar-refractivity contribution in [1.29, 1.82) is 0 Å². The minimum absolute atomic E-state index is 0.0603. The molecule has 2 amide bonds. The molecule has 0 fully saturated rings. The molecular weight excluding hydrogens is 254 g/mol. The number of benzene rings is 1. The summed E-state index contributed by atoms with van der Waals surface area (Å²) in [6.07, 6.45) is 0.930. The van der Waals surface area contributed by atoms with Crippen LogP contribution in [0.3, 0.4) is 0 Å². The minimum Gasteiger partial charge on any atom is -0.352 e. The number of hydrogen-bond acceptors (Lipinski definition) is 3. The van der Waals surface area contributed by atoms with E-state index in [0.29, 0.717) is 18.7 Å². The quantitative estimate of drug-likeness (QED) is 0.731. The molecule has 0 atom stereocenters. The Hall–Kier alpha value is -1.88. The summed E-state index contributed by atoms with van der Waals surface area (Å²) in [4.78, 5) is 24.8. The lowest BCUT2D eigenvalue weighted by Gasteiger charge is -2.10. The van der Waals surface area contributed by atoms with E-state index < -0.39 is 0 Å². The van der Waals surface area contributed by atoms with Crippen LogP contribution in [0.15, 0.2) is 24.3 Å². The van der Waals surface area contributed by atoms with Gasteiger partial charge in [0.25, 0.3) is 5.91 Å². The molecule has 0 unspecified atom stereocenters. The van der Waals surface area contributed by atoms with E-state index in [1.54, 1.807) is 12.1 Å². The van der Waals surface area contributed by atoms with E-state index in [-0.39, 0.29) is 11.8 Å². The molecule has 1 aromatic carbocycles. The number of rotatable bonds is 7. The van der Waals surface area contributed by atoms with Gasteiger partial charge in [-0.3, -0.25) is 9.59 Å². The Morgan fingerprint density at radius 1 is 1.10 bits per heavy atom. The van der Waals surface area contributed by atoms with Gasteiger partial charge in [-0.05, 0) is 44.8 Å². The normalized spacial score (nSPS) is 10.4. The van der Waals surface area contributed by atoms with Crippen LogP contribution < -0.4 is 10.6 Å². The Balaban J connectivity index is 2.39. The maximum Gasteiger partial charge on any atom is 0.251 e. The molecule has 0 radical (unpaired) electrons. The van der Waals surface area contributed by atoms with E-state index in [4.69, 9.17) is 0 Å². The van der Waals surface area contributed by atoms with Crippen LogP contribution in [-0.4, -0.2) is 43.9 Å². The lowest BCUT2D eigenvalue weighted by molar-refractivity contribution is -0.119. The Morgan fingerprint density at radius 2 is 1.75 bits per heavy atom. The van der Waals surface area contributed by atoms with Gasteiger partial charge >= 0.3 is 0 Å². The summed E-state index contributed by atoms with van der Waals surface area (Å²) >= 11 is 0. The Bertz CT molecular complexity index is 441. The second-order valence-corrected chi connectivity index (χ2v) is 5.02. The number of carbonyl (C=O) groups is 2. The molecule has 1 rings (SSSR count). The van der Waals surface area contributed by atoms with E-state index in [0.717, 1.165) is 18.5 Å². The third-order valence-corrected chi connectivity index (χ3v) is 2.83. The predicted molar refractivity (Wildman–Crippen MR) is 79.5 cm³/mol. The van der Waals surface area contributed by atoms with Gasteiger partial charge < -0.3 is 15.5 Å². The van der Waals surface area contributed by atoms with Crippen molar-refractivity contribution in [1.82, 2.24) is 15.5 Å². The Morgan fingerprint density at radius 3 is 2.30 bits per heavy atom. The lowest BCUT2D eigenvalue weighted by Crippen LogP contribution is -2.27. The molecule has 5 nitrogen and oxygen atoms in total. The fourth-order valence-electron chi connectivity index (χ4n) is 1.70. The first-order valence-electron chi connectivity index (χ1n) is 6.75. The van der Waals surface area contributed by atoms with E-state index in [2.05, 4.69) is 15.5 Å². The number of nitrogens with zero attached hydrogens (tertiary/aromatic N) is 1. The van der Waals surface area contributed by atoms with Crippen LogP contribution in [0.4, 0.5) is 0 Å². The molecule has 0 aromatic heterocycles. The summed E-state index contributed by atoms with van der Waals surface area (Å²) in [5.41, 5.74) is 1.62. The molecule has 0 saturated carbocycles. The van der Waals surface area contributed by atoms with Gasteiger partial charge in [0.05, 0.1) is 0 Å². The second-order valence-electron chi connectivity index (χ2n) is 5.02. The van der Waals surface area contributed by atoms with Gasteiger partial charge in [0.15, 0.2) is 0 Å². The van der Waals surface area contributed by atoms with Crippen molar-refractivity contribution in [2.45, 2.75) is 19.9 Å². The van der Waals surface area contributed by atoms with Gasteiger partial charge in [-0.15, -0.1) is 0 Å². The van der Waals surface area contributed by atoms with Crippen molar-refractivity contribution in [3.05, 3.63) is 35.4 Å². The van der Waals surface area contributed by atoms with Gasteiger partial charge in [0, 0.05) is 25.6 Å². The third-order valence-electron chi connectivity index (χ3n) is 2.83. The van der Waals surface area contributed by atoms with Crippen LogP contribution in [0, 0.1) is 0 Å². The second kappa shape index (κ2) is 8.32. The third kappa shape index (κ3) is 6.33. The molecule has 0 bridgehead atoms. The van der Waals surface area contributed by atoms with Crippen molar-refractivity contribution in [2.75, 3.05) is 27.2 Å². The first kappa shape index (κ1) is 16.2. The molecule has 1 aromatic rings. The lowest BCUT2D eigenvalue weighted by atomic mass is 10.1. The minimum atomic E-state index is -0.0623. The number of nitrogens with one attached hydrogen (secondary N) is 2. The van der Waals surface area contributed by atoms with Crippen molar-refractivity contribution in [2.24, 2.45) is 0 Å². The summed E-state index contributed by atoms with van der Waals surface area (Å²) in [6, 6.07) is 7.26. The first-order chi connectivity index (χ1) is 9.49. The average molecular weight is 277 g/mol. The van der Waals surface area contributed by atoms with E-state index in [9.17, 15) is 9.59 Å². The van der Waals surface area contributed by atoms with Crippen molar-refractivity contribution < 1.29 is 9.59 Å². The van der Waals surface area contributed by atoms with Crippen molar-refractivity contribution in [3.63, 3.8) is 0 Å². The number of carbonyl (C=O) groups excluding carboxylic acids is 2. The highest BCUT2D eigenvalue weighted by molar-refractivity contribution is 5.94. The zero-order valence-electron chi connectivity index (χ0n) is 12.4. The monoisotopic (exact) mass is 277 g/mol. The molecule has 0 aliphatic heterocycles. The summed E-state index contributed by atoms with van der Waals surface area (Å²) < 4.78 is 0. The van der Waals surface area contributed by atoms with Gasteiger partial charge in [-0.1, -0.05) is 12.1 Å². The molecule has 0 spiro atoms. The largest absolute Gasteiger partial charge is 0.352 e. The van der Waals surface area contributed by atoms with Crippen LogP contribution in [0.5, 0.6) is 0 Å². The molecule has 0 saturated heterocycles. The fraction of sp³-hybridized carbons (Fsp3) is 0.467. The van der Waals surface area contributed by atoms with Crippen LogP contribution in [0.2, 0.25) is 0 Å². The molecule has 5 heteroatoms. The molecule has 0 heterocycles. The fourth-order valence-corrected chi connectivity index (χ4v) is 1.70. The Labute approximate surface area is 120 Å². The summed E-state index contributed by atoms with van der Waals surface area (Å²) in [5, 5.41) is 5.61. The van der Waals surface area contributed by atoms with Gasteiger partial charge in [-0.2, -0.15) is 0 Å². The Kier molecular flexibility index (Phi) is 6.73. The number of hydrogen-bond donors (Lipinski definition) is 2. The van der Waals surface area contributed by atoms with E-state index in [1.807, 2.05) is 26.2 Å². The molecule has 110 valence electrons. The smallest absolute Gasteiger partial charge is 0.251 e. The van der Waals surface area contributed by atoms with E-state index in [1.165, 1.54) is 6.92 Å². The maximum atomic E-state index is 11.9. The highest BCUT2D eigenvalue weighted by Crippen LogP contribution is 2.04.